The SMILES string of the molecule is Cc1ccc(C(=O)[N]C(C)C)cc1. The molecule has 0 N–H and O–H groups in total. The second-order valence-corrected chi connectivity index (χ2v) is 3.39. The van der Waals surface area contributed by atoms with Crippen molar-refractivity contribution in [2.45, 2.75) is 26.8 Å². The van der Waals surface area contributed by atoms with Crippen LogP contribution in [-0.2, 0) is 0 Å². The lowest BCUT2D eigenvalue weighted by Gasteiger charge is -2.04. The average Bonchev–Trinajstić information content (AvgIpc) is 2.04. The summed E-state index contributed by atoms with van der Waals surface area (Å²) in [5.74, 6) is -0.130. The number of carbonyl (C=O) groups excluding carboxylic acids is 1. The maximum Gasteiger partial charge on any atom is 0.272 e. The van der Waals surface area contributed by atoms with Gasteiger partial charge in [0.05, 0.1) is 0 Å². The van der Waals surface area contributed by atoms with Gasteiger partial charge >= 0.3 is 0 Å². The molecule has 69 valence electrons. The molecule has 0 aliphatic heterocycles. The van der Waals surface area contributed by atoms with E-state index in [0.29, 0.717) is 5.56 Å². The Kier molecular flexibility index (Phi) is 3.07. The van der Waals surface area contributed by atoms with Crippen LogP contribution in [0.3, 0.4) is 0 Å². The van der Waals surface area contributed by atoms with Gasteiger partial charge in [0.1, 0.15) is 0 Å². The fourth-order valence-corrected chi connectivity index (χ4v) is 1.01. The molecule has 0 saturated heterocycles. The topological polar surface area (TPSA) is 31.2 Å². The number of hydrogen-bond donors (Lipinski definition) is 0. The highest BCUT2D eigenvalue weighted by Gasteiger charge is 2.07. The molecular weight excluding hydrogens is 162 g/mol. The Bertz CT molecular complexity index is 287. The molecule has 0 heterocycles. The molecule has 1 rings (SSSR count). The van der Waals surface area contributed by atoms with Gasteiger partial charge in [0.25, 0.3) is 5.91 Å². The lowest BCUT2D eigenvalue weighted by molar-refractivity contribution is 0.0938. The summed E-state index contributed by atoms with van der Waals surface area (Å²) in [6.07, 6.45) is 0. The van der Waals surface area contributed by atoms with Crippen molar-refractivity contribution in [3.63, 3.8) is 0 Å². The third kappa shape index (κ3) is 2.90. The fraction of sp³-hybridized carbons (Fsp3) is 0.364. The monoisotopic (exact) mass is 176 g/mol. The van der Waals surface area contributed by atoms with Crippen LogP contribution in [0, 0.1) is 6.92 Å². The maximum absolute atomic E-state index is 11.4. The Labute approximate surface area is 79.0 Å². The van der Waals surface area contributed by atoms with Crippen LogP contribution in [0.5, 0.6) is 0 Å². The van der Waals surface area contributed by atoms with Gasteiger partial charge in [-0.15, -0.1) is 0 Å². The summed E-state index contributed by atoms with van der Waals surface area (Å²) in [4.78, 5) is 11.4. The highest BCUT2D eigenvalue weighted by molar-refractivity contribution is 5.94. The van der Waals surface area contributed by atoms with E-state index < -0.39 is 0 Å². The summed E-state index contributed by atoms with van der Waals surface area (Å²) >= 11 is 0. The summed E-state index contributed by atoms with van der Waals surface area (Å²) in [7, 11) is 0. The van der Waals surface area contributed by atoms with E-state index in [2.05, 4.69) is 5.32 Å². The zero-order chi connectivity index (χ0) is 9.84. The molecule has 2 nitrogen and oxygen atoms in total. The van der Waals surface area contributed by atoms with Crippen molar-refractivity contribution in [3.8, 4) is 0 Å². The molecule has 0 aromatic heterocycles. The van der Waals surface area contributed by atoms with Crippen LogP contribution < -0.4 is 5.32 Å². The minimum absolute atomic E-state index is 0.0637. The van der Waals surface area contributed by atoms with E-state index in [-0.39, 0.29) is 11.9 Å². The Balaban J connectivity index is 2.72. The molecule has 1 radical (unpaired) electrons. The Morgan fingerprint density at radius 2 is 1.77 bits per heavy atom. The van der Waals surface area contributed by atoms with Crippen molar-refractivity contribution in [1.82, 2.24) is 5.32 Å². The first-order valence-electron chi connectivity index (χ1n) is 4.41. The molecule has 13 heavy (non-hydrogen) atoms. The van der Waals surface area contributed by atoms with Crippen molar-refractivity contribution in [3.05, 3.63) is 35.4 Å². The molecule has 1 amide bonds. The van der Waals surface area contributed by atoms with Crippen LogP contribution in [-0.4, -0.2) is 11.9 Å². The van der Waals surface area contributed by atoms with E-state index in [1.54, 1.807) is 0 Å². The van der Waals surface area contributed by atoms with Crippen molar-refractivity contribution in [2.24, 2.45) is 0 Å². The number of hydrogen-bond acceptors (Lipinski definition) is 1. The van der Waals surface area contributed by atoms with Gasteiger partial charge in [-0.3, -0.25) is 4.79 Å². The summed E-state index contributed by atoms with van der Waals surface area (Å²) in [6.45, 7) is 5.78. The quantitative estimate of drug-likeness (QED) is 0.679. The summed E-state index contributed by atoms with van der Waals surface area (Å²) in [6, 6.07) is 7.52. The molecule has 1 aromatic rings. The van der Waals surface area contributed by atoms with Gasteiger partial charge in [-0.1, -0.05) is 17.7 Å². The molecule has 0 saturated carbocycles. The van der Waals surface area contributed by atoms with Gasteiger partial charge in [0.15, 0.2) is 0 Å². The Morgan fingerprint density at radius 1 is 1.23 bits per heavy atom. The number of benzene rings is 1. The van der Waals surface area contributed by atoms with E-state index in [0.717, 1.165) is 5.56 Å². The molecule has 0 aliphatic rings. The molecule has 0 spiro atoms. The highest BCUT2D eigenvalue weighted by atomic mass is 16.1. The van der Waals surface area contributed by atoms with Crippen molar-refractivity contribution in [2.75, 3.05) is 0 Å². The van der Waals surface area contributed by atoms with Crippen LogP contribution in [0.1, 0.15) is 29.8 Å². The zero-order valence-electron chi connectivity index (χ0n) is 8.24. The van der Waals surface area contributed by atoms with Gasteiger partial charge in [-0.05, 0) is 32.9 Å². The number of carbonyl (C=O) groups is 1. The number of rotatable bonds is 2. The van der Waals surface area contributed by atoms with Crippen LogP contribution in [0.4, 0.5) is 0 Å². The van der Waals surface area contributed by atoms with Gasteiger partial charge in [-0.2, -0.15) is 0 Å². The molecule has 0 bridgehead atoms. The van der Waals surface area contributed by atoms with Crippen molar-refractivity contribution >= 4 is 5.91 Å². The summed E-state index contributed by atoms with van der Waals surface area (Å²) < 4.78 is 0. The second-order valence-electron chi connectivity index (χ2n) is 3.39. The largest absolute Gasteiger partial charge is 0.272 e. The minimum Gasteiger partial charge on any atom is -0.267 e. The Morgan fingerprint density at radius 3 is 2.23 bits per heavy atom. The number of nitrogens with zero attached hydrogens (tertiary/aromatic N) is 1. The van der Waals surface area contributed by atoms with Gasteiger partial charge in [0.2, 0.25) is 0 Å². The maximum atomic E-state index is 11.4. The third-order valence-electron chi connectivity index (χ3n) is 1.67. The highest BCUT2D eigenvalue weighted by Crippen LogP contribution is 2.03. The molecule has 2 heteroatoms. The molecule has 0 aliphatic carbocycles. The first-order valence-corrected chi connectivity index (χ1v) is 4.41. The predicted octanol–water partition coefficient (Wildman–Crippen LogP) is 2.15. The van der Waals surface area contributed by atoms with Crippen LogP contribution in [0.15, 0.2) is 24.3 Å². The molecular formula is C11H14NO. The summed E-state index contributed by atoms with van der Waals surface area (Å²) in [5, 5.41) is 3.94. The second kappa shape index (κ2) is 4.08. The first kappa shape index (κ1) is 9.78. The van der Waals surface area contributed by atoms with Crippen LogP contribution in [0.25, 0.3) is 0 Å². The Hall–Kier alpha value is -1.31. The fourth-order valence-electron chi connectivity index (χ4n) is 1.01. The van der Waals surface area contributed by atoms with E-state index in [4.69, 9.17) is 0 Å². The third-order valence-corrected chi connectivity index (χ3v) is 1.67. The van der Waals surface area contributed by atoms with Crippen LogP contribution in [0.2, 0.25) is 0 Å². The number of amides is 1. The predicted molar refractivity (Wildman–Crippen MR) is 52.8 cm³/mol. The standard InChI is InChI=1S/C11H14NO/c1-8(2)12-11(13)10-6-4-9(3)5-7-10/h4-8H,1-3H3. The minimum atomic E-state index is -0.130. The van der Waals surface area contributed by atoms with Crippen molar-refractivity contribution in [1.29, 1.82) is 0 Å². The van der Waals surface area contributed by atoms with Crippen LogP contribution >= 0.6 is 0 Å². The molecule has 0 atom stereocenters. The lowest BCUT2D eigenvalue weighted by atomic mass is 10.1. The normalized spacial score (nSPS) is 10.2. The van der Waals surface area contributed by atoms with Crippen molar-refractivity contribution < 1.29 is 4.79 Å². The van der Waals surface area contributed by atoms with E-state index in [1.807, 2.05) is 45.0 Å². The molecule has 1 aromatic carbocycles. The lowest BCUT2D eigenvalue weighted by Crippen LogP contribution is -2.22. The van der Waals surface area contributed by atoms with Gasteiger partial charge in [0, 0.05) is 11.6 Å². The van der Waals surface area contributed by atoms with E-state index >= 15 is 0 Å². The smallest absolute Gasteiger partial charge is 0.267 e. The summed E-state index contributed by atoms with van der Waals surface area (Å²) in [5.41, 5.74) is 1.82. The van der Waals surface area contributed by atoms with E-state index in [9.17, 15) is 4.79 Å². The zero-order valence-corrected chi connectivity index (χ0v) is 8.24. The average molecular weight is 176 g/mol. The van der Waals surface area contributed by atoms with Gasteiger partial charge < -0.3 is 0 Å². The molecule has 0 fully saturated rings. The molecule has 0 unspecified atom stereocenters. The van der Waals surface area contributed by atoms with E-state index in [1.165, 1.54) is 0 Å². The number of aryl methyl sites for hydroxylation is 1. The van der Waals surface area contributed by atoms with Gasteiger partial charge in [-0.25, -0.2) is 5.32 Å². The first-order chi connectivity index (χ1) is 6.09.